The molecule has 0 aliphatic heterocycles. The summed E-state index contributed by atoms with van der Waals surface area (Å²) in [5, 5.41) is 3.62. The molecule has 0 bridgehead atoms. The smallest absolute Gasteiger partial charge is 0.271 e. The Labute approximate surface area is 202 Å². The number of amides is 1. The monoisotopic (exact) mass is 503 g/mol. The van der Waals surface area contributed by atoms with Crippen molar-refractivity contribution in [3.8, 4) is 0 Å². The normalized spacial score (nSPS) is 12.1. The lowest BCUT2D eigenvalue weighted by Gasteiger charge is -2.24. The number of hydrazone groups is 1. The lowest BCUT2D eigenvalue weighted by Crippen LogP contribution is -2.39. The molecule has 6 nitrogen and oxygen atoms in total. The third kappa shape index (κ3) is 6.48. The maximum absolute atomic E-state index is 13.4. The van der Waals surface area contributed by atoms with Gasteiger partial charge in [0.25, 0.3) is 15.9 Å². The summed E-state index contributed by atoms with van der Waals surface area (Å²) in [6.07, 6.45) is -3.72. The molecule has 0 aromatic heterocycles. The molecule has 0 saturated carbocycles. The van der Waals surface area contributed by atoms with E-state index in [1.165, 1.54) is 30.3 Å². The number of aryl methyl sites for hydroxylation is 3. The Bertz CT molecular complexity index is 1330. The fraction of sp³-hybridized carbons (Fsp3) is 0.200. The van der Waals surface area contributed by atoms with Gasteiger partial charge in [-0.3, -0.25) is 9.10 Å². The third-order valence-corrected chi connectivity index (χ3v) is 6.84. The summed E-state index contributed by atoms with van der Waals surface area (Å²) >= 11 is 0. The molecule has 3 rings (SSSR count). The highest BCUT2D eigenvalue weighted by Gasteiger charge is 2.32. The molecule has 1 amide bonds. The Morgan fingerprint density at radius 3 is 2.14 bits per heavy atom. The largest absolute Gasteiger partial charge is 0.417 e. The predicted octanol–water partition coefficient (Wildman–Crippen LogP) is 4.98. The lowest BCUT2D eigenvalue weighted by atomic mass is 10.1. The number of halogens is 3. The summed E-state index contributed by atoms with van der Waals surface area (Å²) in [6, 6.07) is 16.1. The van der Waals surface area contributed by atoms with Gasteiger partial charge in [0.05, 0.1) is 22.4 Å². The molecular formula is C25H24F3N3O3S. The number of anilines is 1. The van der Waals surface area contributed by atoms with Crippen LogP contribution < -0.4 is 9.73 Å². The quantitative estimate of drug-likeness (QED) is 0.365. The fourth-order valence-electron chi connectivity index (χ4n) is 3.45. The number of nitrogens with one attached hydrogen (secondary N) is 1. The van der Waals surface area contributed by atoms with Gasteiger partial charge in [-0.1, -0.05) is 42.0 Å². The first-order chi connectivity index (χ1) is 16.4. The first-order valence-corrected chi connectivity index (χ1v) is 12.0. The van der Waals surface area contributed by atoms with E-state index in [9.17, 15) is 26.4 Å². The molecule has 1 N–H and O–H groups in total. The maximum atomic E-state index is 13.4. The molecule has 3 aromatic carbocycles. The van der Waals surface area contributed by atoms with Crippen LogP contribution in [0.25, 0.3) is 0 Å². The van der Waals surface area contributed by atoms with E-state index in [-0.39, 0.29) is 16.1 Å². The number of hydrogen-bond acceptors (Lipinski definition) is 4. The number of nitrogens with zero attached hydrogens (tertiary/aromatic N) is 2. The van der Waals surface area contributed by atoms with Crippen molar-refractivity contribution >= 4 is 27.8 Å². The Morgan fingerprint density at radius 1 is 0.943 bits per heavy atom. The zero-order valence-electron chi connectivity index (χ0n) is 19.3. The molecule has 184 valence electrons. The molecule has 0 unspecified atom stereocenters. The van der Waals surface area contributed by atoms with E-state index < -0.39 is 34.2 Å². The van der Waals surface area contributed by atoms with Crippen LogP contribution in [0.2, 0.25) is 0 Å². The molecule has 3 aromatic rings. The highest BCUT2D eigenvalue weighted by Crippen LogP contribution is 2.31. The number of rotatable bonds is 7. The van der Waals surface area contributed by atoms with Crippen molar-refractivity contribution in [2.45, 2.75) is 31.8 Å². The van der Waals surface area contributed by atoms with E-state index in [0.717, 1.165) is 33.3 Å². The Hall–Kier alpha value is -3.66. The zero-order valence-corrected chi connectivity index (χ0v) is 20.1. The molecule has 35 heavy (non-hydrogen) atoms. The van der Waals surface area contributed by atoms with Crippen LogP contribution in [0.5, 0.6) is 0 Å². The second-order valence-corrected chi connectivity index (χ2v) is 9.91. The van der Waals surface area contributed by atoms with Gasteiger partial charge in [-0.25, -0.2) is 13.8 Å². The number of sulfonamides is 1. The van der Waals surface area contributed by atoms with E-state index >= 15 is 0 Å². The fourth-order valence-corrected chi connectivity index (χ4v) is 4.86. The maximum Gasteiger partial charge on any atom is 0.417 e. The molecular weight excluding hydrogens is 479 g/mol. The molecule has 0 aliphatic carbocycles. The van der Waals surface area contributed by atoms with Gasteiger partial charge < -0.3 is 0 Å². The van der Waals surface area contributed by atoms with Gasteiger partial charge in [0.2, 0.25) is 0 Å². The van der Waals surface area contributed by atoms with Crippen LogP contribution in [-0.2, 0) is 21.0 Å². The molecule has 0 heterocycles. The Balaban J connectivity index is 1.89. The topological polar surface area (TPSA) is 78.8 Å². The van der Waals surface area contributed by atoms with Gasteiger partial charge >= 0.3 is 6.18 Å². The van der Waals surface area contributed by atoms with Crippen LogP contribution in [-0.4, -0.2) is 27.1 Å². The van der Waals surface area contributed by atoms with Gasteiger partial charge in [0.1, 0.15) is 6.54 Å². The first-order valence-electron chi connectivity index (χ1n) is 10.5. The average Bonchev–Trinajstić information content (AvgIpc) is 2.76. The van der Waals surface area contributed by atoms with Crippen LogP contribution >= 0.6 is 0 Å². The van der Waals surface area contributed by atoms with Crippen molar-refractivity contribution in [1.29, 1.82) is 0 Å². The molecule has 0 aliphatic rings. The number of carbonyl (C=O) groups is 1. The summed E-state index contributed by atoms with van der Waals surface area (Å²) in [4.78, 5) is 12.6. The highest BCUT2D eigenvalue weighted by atomic mass is 32.2. The van der Waals surface area contributed by atoms with Crippen LogP contribution in [0.3, 0.4) is 0 Å². The van der Waals surface area contributed by atoms with Crippen LogP contribution in [0, 0.1) is 20.8 Å². The summed E-state index contributed by atoms with van der Waals surface area (Å²) in [6.45, 7) is 4.79. The number of carbonyl (C=O) groups excluding carboxylic acids is 1. The van der Waals surface area contributed by atoms with Gasteiger partial charge in [-0.2, -0.15) is 18.3 Å². The van der Waals surface area contributed by atoms with Gasteiger partial charge in [-0.05, 0) is 62.2 Å². The van der Waals surface area contributed by atoms with Crippen molar-refractivity contribution in [2.75, 3.05) is 10.8 Å². The minimum Gasteiger partial charge on any atom is -0.271 e. The number of alkyl halides is 3. The third-order valence-electron chi connectivity index (χ3n) is 5.05. The second kappa shape index (κ2) is 10.3. The summed E-state index contributed by atoms with van der Waals surface area (Å²) < 4.78 is 67.3. The van der Waals surface area contributed by atoms with Gasteiger partial charge in [0.15, 0.2) is 0 Å². The molecule has 0 atom stereocenters. The minimum absolute atomic E-state index is 0.00216. The van der Waals surface area contributed by atoms with E-state index in [4.69, 9.17) is 0 Å². The first kappa shape index (κ1) is 26.0. The highest BCUT2D eigenvalue weighted by molar-refractivity contribution is 7.92. The van der Waals surface area contributed by atoms with E-state index in [2.05, 4.69) is 10.5 Å². The van der Waals surface area contributed by atoms with Crippen molar-refractivity contribution < 1.29 is 26.4 Å². The molecule has 0 radical (unpaired) electrons. The predicted molar refractivity (Wildman–Crippen MR) is 129 cm³/mol. The Morgan fingerprint density at radius 2 is 1.54 bits per heavy atom. The van der Waals surface area contributed by atoms with Crippen molar-refractivity contribution in [2.24, 2.45) is 5.10 Å². The summed E-state index contributed by atoms with van der Waals surface area (Å²) in [5.41, 5.74) is 3.73. The second-order valence-electron chi connectivity index (χ2n) is 8.05. The average molecular weight is 504 g/mol. The standard InChI is InChI=1S/C25H24F3N3O3S/c1-17-8-10-22(11-9-17)35(33,34)31(21-13-18(2)12-19(3)14-21)16-24(32)30-29-15-20-6-4-5-7-23(20)25(26,27)28/h4-15H,16H2,1-3H3,(H,30,32)/b29-15-. The van der Waals surface area contributed by atoms with Crippen molar-refractivity contribution in [3.63, 3.8) is 0 Å². The minimum atomic E-state index is -4.59. The van der Waals surface area contributed by atoms with Gasteiger partial charge in [0, 0.05) is 5.56 Å². The Kier molecular flexibility index (Phi) is 7.64. The molecule has 0 fully saturated rings. The number of benzene rings is 3. The summed E-state index contributed by atoms with van der Waals surface area (Å²) in [7, 11) is -4.13. The zero-order chi connectivity index (χ0) is 25.8. The van der Waals surface area contributed by atoms with Crippen molar-refractivity contribution in [1.82, 2.24) is 5.43 Å². The van der Waals surface area contributed by atoms with E-state index in [1.807, 2.05) is 13.0 Å². The summed E-state index contributed by atoms with van der Waals surface area (Å²) in [5.74, 6) is -0.819. The molecule has 0 spiro atoms. The van der Waals surface area contributed by atoms with Crippen molar-refractivity contribution in [3.05, 3.63) is 94.5 Å². The van der Waals surface area contributed by atoms with E-state index in [1.54, 1.807) is 38.1 Å². The number of hydrogen-bond donors (Lipinski definition) is 1. The molecule has 0 saturated heterocycles. The van der Waals surface area contributed by atoms with E-state index in [0.29, 0.717) is 0 Å². The van der Waals surface area contributed by atoms with Crippen LogP contribution in [0.1, 0.15) is 27.8 Å². The molecule has 10 heteroatoms. The lowest BCUT2D eigenvalue weighted by molar-refractivity contribution is -0.137. The van der Waals surface area contributed by atoms with Crippen LogP contribution in [0.15, 0.2) is 76.7 Å². The van der Waals surface area contributed by atoms with Gasteiger partial charge in [-0.15, -0.1) is 0 Å². The SMILES string of the molecule is Cc1ccc(S(=O)(=O)N(CC(=O)N/N=C\c2ccccc2C(F)(F)F)c2cc(C)cc(C)c2)cc1. The van der Waals surface area contributed by atoms with Crippen LogP contribution in [0.4, 0.5) is 18.9 Å².